The first-order chi connectivity index (χ1) is 15.2. The van der Waals surface area contributed by atoms with E-state index in [1.807, 2.05) is 18.2 Å². The number of nitrogens with one attached hydrogen (secondary N) is 1. The molecule has 0 saturated carbocycles. The average molecular weight is 419 g/mol. The zero-order valence-electron chi connectivity index (χ0n) is 17.6. The number of hydrogen-bond donors (Lipinski definition) is 1. The van der Waals surface area contributed by atoms with Crippen molar-refractivity contribution in [2.45, 2.75) is 18.9 Å². The largest absolute Gasteiger partial charge is 0.378 e. The van der Waals surface area contributed by atoms with E-state index in [2.05, 4.69) is 46.6 Å². The van der Waals surface area contributed by atoms with Crippen LogP contribution in [-0.4, -0.2) is 24.5 Å². The highest BCUT2D eigenvalue weighted by atomic mass is 19.1. The van der Waals surface area contributed by atoms with Crippen LogP contribution in [0.3, 0.4) is 0 Å². The molecule has 4 rings (SSSR count). The van der Waals surface area contributed by atoms with Crippen molar-refractivity contribution >= 4 is 11.8 Å². The molecule has 3 aromatic rings. The van der Waals surface area contributed by atoms with Gasteiger partial charge in [0.25, 0.3) is 0 Å². The third-order valence-electron chi connectivity index (χ3n) is 5.97. The number of anilines is 1. The van der Waals surface area contributed by atoms with E-state index in [1.165, 1.54) is 29.8 Å². The summed E-state index contributed by atoms with van der Waals surface area (Å²) in [6.45, 7) is 2.98. The van der Waals surface area contributed by atoms with Crippen LogP contribution in [0.2, 0.25) is 0 Å². The zero-order valence-corrected chi connectivity index (χ0v) is 17.6. The summed E-state index contributed by atoms with van der Waals surface area (Å²) >= 11 is 0. The molecule has 4 heteroatoms. The normalized spacial score (nSPS) is 16.5. The Morgan fingerprint density at radius 1 is 0.839 bits per heavy atom. The highest BCUT2D eigenvalue weighted by Crippen LogP contribution is 2.34. The van der Waals surface area contributed by atoms with E-state index in [4.69, 9.17) is 0 Å². The van der Waals surface area contributed by atoms with Gasteiger partial charge in [-0.05, 0) is 79.4 Å². The molecule has 0 amide bonds. The van der Waals surface area contributed by atoms with E-state index in [0.29, 0.717) is 5.92 Å². The molecule has 0 aromatic heterocycles. The van der Waals surface area contributed by atoms with Crippen molar-refractivity contribution < 1.29 is 8.78 Å². The number of benzene rings is 3. The van der Waals surface area contributed by atoms with Gasteiger partial charge in [0.15, 0.2) is 0 Å². The molecule has 0 bridgehead atoms. The lowest BCUT2D eigenvalue weighted by atomic mass is 9.85. The van der Waals surface area contributed by atoms with Crippen LogP contribution in [0.1, 0.15) is 30.0 Å². The standard InChI is InChI=1S/C27H28F2N2/c28-24-10-8-22(9-11-24)27(30-26-14-12-25(29)13-15-26)23-16-19-31(20-17-23)18-4-7-21-5-2-1-3-6-21/h1-15,23,27,30H,16-20H2/b7-4+. The fraction of sp³-hybridized carbons (Fsp3) is 0.259. The van der Waals surface area contributed by atoms with Gasteiger partial charge in [0.2, 0.25) is 0 Å². The number of hydrogen-bond acceptors (Lipinski definition) is 2. The monoisotopic (exact) mass is 418 g/mol. The molecule has 1 N–H and O–H groups in total. The second kappa shape index (κ2) is 10.4. The van der Waals surface area contributed by atoms with Crippen molar-refractivity contribution in [3.63, 3.8) is 0 Å². The van der Waals surface area contributed by atoms with Gasteiger partial charge in [0.05, 0.1) is 6.04 Å². The molecule has 0 aliphatic carbocycles. The lowest BCUT2D eigenvalue weighted by molar-refractivity contribution is 0.188. The van der Waals surface area contributed by atoms with Crippen LogP contribution in [0.15, 0.2) is 84.9 Å². The quantitative estimate of drug-likeness (QED) is 0.468. The molecule has 3 aromatic carbocycles. The van der Waals surface area contributed by atoms with E-state index < -0.39 is 0 Å². The van der Waals surface area contributed by atoms with Gasteiger partial charge in [-0.15, -0.1) is 0 Å². The summed E-state index contributed by atoms with van der Waals surface area (Å²) in [7, 11) is 0. The summed E-state index contributed by atoms with van der Waals surface area (Å²) in [6, 6.07) is 23.6. The summed E-state index contributed by atoms with van der Waals surface area (Å²) in [6.07, 6.45) is 6.50. The molecule has 31 heavy (non-hydrogen) atoms. The average Bonchev–Trinajstić information content (AvgIpc) is 2.81. The first-order valence-corrected chi connectivity index (χ1v) is 10.9. The summed E-state index contributed by atoms with van der Waals surface area (Å²) in [5, 5.41) is 3.57. The maximum absolute atomic E-state index is 13.5. The second-order valence-corrected chi connectivity index (χ2v) is 8.13. The molecule has 1 atom stereocenters. The van der Waals surface area contributed by atoms with Gasteiger partial charge in [0, 0.05) is 12.2 Å². The maximum Gasteiger partial charge on any atom is 0.123 e. The van der Waals surface area contributed by atoms with Crippen molar-refractivity contribution in [3.05, 3.63) is 108 Å². The topological polar surface area (TPSA) is 15.3 Å². The Morgan fingerprint density at radius 3 is 2.10 bits per heavy atom. The lowest BCUT2D eigenvalue weighted by Crippen LogP contribution is -2.37. The van der Waals surface area contributed by atoms with Crippen LogP contribution >= 0.6 is 0 Å². The summed E-state index contributed by atoms with van der Waals surface area (Å²) in [5.41, 5.74) is 3.16. The Morgan fingerprint density at radius 2 is 1.45 bits per heavy atom. The number of nitrogens with zero attached hydrogens (tertiary/aromatic N) is 1. The Balaban J connectivity index is 1.40. The van der Waals surface area contributed by atoms with Gasteiger partial charge < -0.3 is 5.32 Å². The predicted molar refractivity (Wildman–Crippen MR) is 124 cm³/mol. The molecular formula is C27H28F2N2. The number of piperidine rings is 1. The minimum absolute atomic E-state index is 0.0630. The smallest absolute Gasteiger partial charge is 0.123 e. The van der Waals surface area contributed by atoms with Crippen LogP contribution in [0.25, 0.3) is 6.08 Å². The zero-order chi connectivity index (χ0) is 21.5. The summed E-state index contributed by atoms with van der Waals surface area (Å²) in [4.78, 5) is 2.47. The molecule has 1 saturated heterocycles. The number of halogens is 2. The van der Waals surface area contributed by atoms with E-state index in [9.17, 15) is 8.78 Å². The van der Waals surface area contributed by atoms with E-state index >= 15 is 0 Å². The van der Waals surface area contributed by atoms with Gasteiger partial charge in [-0.2, -0.15) is 0 Å². The highest BCUT2D eigenvalue weighted by Gasteiger charge is 2.27. The van der Waals surface area contributed by atoms with Crippen molar-refractivity contribution in [1.82, 2.24) is 4.90 Å². The van der Waals surface area contributed by atoms with Crippen LogP contribution in [0.5, 0.6) is 0 Å². The number of rotatable bonds is 7. The Kier molecular flexibility index (Phi) is 7.11. The first-order valence-electron chi connectivity index (χ1n) is 10.9. The third-order valence-corrected chi connectivity index (χ3v) is 5.97. The molecule has 0 radical (unpaired) electrons. The van der Waals surface area contributed by atoms with E-state index in [-0.39, 0.29) is 17.7 Å². The van der Waals surface area contributed by atoms with Crippen LogP contribution in [0.4, 0.5) is 14.5 Å². The van der Waals surface area contributed by atoms with Crippen LogP contribution in [0, 0.1) is 17.6 Å². The number of likely N-dealkylation sites (tertiary alicyclic amines) is 1. The van der Waals surface area contributed by atoms with Gasteiger partial charge in [0.1, 0.15) is 11.6 Å². The van der Waals surface area contributed by atoms with Gasteiger partial charge in [-0.1, -0.05) is 54.6 Å². The SMILES string of the molecule is Fc1ccc(NC(c2ccc(F)cc2)C2CCN(C/C=C/c3ccccc3)CC2)cc1. The summed E-state index contributed by atoms with van der Waals surface area (Å²) < 4.78 is 26.8. The first kappa shape index (κ1) is 21.3. The minimum Gasteiger partial charge on any atom is -0.378 e. The Hall–Kier alpha value is -2.98. The van der Waals surface area contributed by atoms with Crippen molar-refractivity contribution in [2.24, 2.45) is 5.92 Å². The fourth-order valence-electron chi connectivity index (χ4n) is 4.24. The van der Waals surface area contributed by atoms with Gasteiger partial charge in [-0.3, -0.25) is 4.90 Å². The highest BCUT2D eigenvalue weighted by molar-refractivity contribution is 5.49. The van der Waals surface area contributed by atoms with Crippen LogP contribution in [-0.2, 0) is 0 Å². The van der Waals surface area contributed by atoms with Gasteiger partial charge >= 0.3 is 0 Å². The lowest BCUT2D eigenvalue weighted by Gasteiger charge is -2.36. The fourth-order valence-corrected chi connectivity index (χ4v) is 4.24. The predicted octanol–water partition coefficient (Wildman–Crippen LogP) is 6.54. The maximum atomic E-state index is 13.5. The van der Waals surface area contributed by atoms with E-state index in [1.54, 1.807) is 12.1 Å². The second-order valence-electron chi connectivity index (χ2n) is 8.13. The van der Waals surface area contributed by atoms with Crippen LogP contribution < -0.4 is 5.32 Å². The molecule has 1 aliphatic rings. The van der Waals surface area contributed by atoms with E-state index in [0.717, 1.165) is 43.7 Å². The molecule has 2 nitrogen and oxygen atoms in total. The van der Waals surface area contributed by atoms with Crippen molar-refractivity contribution in [1.29, 1.82) is 0 Å². The Labute approximate surface area is 183 Å². The molecule has 1 aliphatic heterocycles. The molecule has 1 heterocycles. The summed E-state index contributed by atoms with van der Waals surface area (Å²) in [5.74, 6) is -0.0603. The molecule has 160 valence electrons. The third kappa shape index (κ3) is 6.02. The molecule has 1 unspecified atom stereocenters. The Bertz CT molecular complexity index is 960. The molecular weight excluding hydrogens is 390 g/mol. The van der Waals surface area contributed by atoms with Crippen molar-refractivity contribution in [2.75, 3.05) is 25.0 Å². The van der Waals surface area contributed by atoms with Gasteiger partial charge in [-0.25, -0.2) is 8.78 Å². The molecule has 0 spiro atoms. The van der Waals surface area contributed by atoms with Crippen molar-refractivity contribution in [3.8, 4) is 0 Å². The minimum atomic E-state index is -0.249. The molecule has 1 fully saturated rings.